The number of ether oxygens (including phenoxy) is 1. The second-order valence-electron chi connectivity index (χ2n) is 4.98. The second-order valence-corrected chi connectivity index (χ2v) is 4.98. The van der Waals surface area contributed by atoms with E-state index in [1.807, 2.05) is 0 Å². The lowest BCUT2D eigenvalue weighted by molar-refractivity contribution is -0.118. The van der Waals surface area contributed by atoms with E-state index in [1.54, 1.807) is 18.2 Å². The number of nitrogens with one attached hydrogen (secondary N) is 2. The SMILES string of the molecule is O=C1COc2cc(CNC(=O)c3ccc(F)c(F)c3)ccc2N1. The number of hydrogen-bond acceptors (Lipinski definition) is 3. The van der Waals surface area contributed by atoms with Gasteiger partial charge in [-0.2, -0.15) is 0 Å². The number of rotatable bonds is 3. The molecule has 0 saturated carbocycles. The van der Waals surface area contributed by atoms with E-state index in [1.165, 1.54) is 6.07 Å². The standard InChI is InChI=1S/C16H12F2N2O3/c17-11-3-2-10(6-12(11)18)16(22)19-7-9-1-4-13-14(5-9)23-8-15(21)20-13/h1-6H,7-8H2,(H,19,22)(H,20,21). The number of anilines is 1. The molecule has 5 nitrogen and oxygen atoms in total. The third-order valence-corrected chi connectivity index (χ3v) is 3.31. The predicted molar refractivity (Wildman–Crippen MR) is 78.1 cm³/mol. The molecule has 2 aromatic rings. The monoisotopic (exact) mass is 318 g/mol. The highest BCUT2D eigenvalue weighted by atomic mass is 19.2. The van der Waals surface area contributed by atoms with E-state index in [-0.39, 0.29) is 24.6 Å². The first-order chi connectivity index (χ1) is 11.0. The van der Waals surface area contributed by atoms with Crippen LogP contribution in [0, 0.1) is 11.6 Å². The lowest BCUT2D eigenvalue weighted by Gasteiger charge is -2.18. The molecule has 3 rings (SSSR count). The van der Waals surface area contributed by atoms with Crippen molar-refractivity contribution in [3.05, 3.63) is 59.2 Å². The molecule has 0 aromatic heterocycles. The third kappa shape index (κ3) is 3.28. The molecule has 1 aliphatic rings. The van der Waals surface area contributed by atoms with Gasteiger partial charge in [0.05, 0.1) is 5.69 Å². The van der Waals surface area contributed by atoms with Gasteiger partial charge >= 0.3 is 0 Å². The van der Waals surface area contributed by atoms with Gasteiger partial charge < -0.3 is 15.4 Å². The first kappa shape index (κ1) is 15.0. The summed E-state index contributed by atoms with van der Waals surface area (Å²) in [6, 6.07) is 8.04. The number of halogens is 2. The zero-order valence-electron chi connectivity index (χ0n) is 11.9. The highest BCUT2D eigenvalue weighted by molar-refractivity contribution is 5.95. The van der Waals surface area contributed by atoms with Crippen LogP contribution in [0.4, 0.5) is 14.5 Å². The number of carbonyl (C=O) groups excluding carboxylic acids is 2. The van der Waals surface area contributed by atoms with E-state index in [9.17, 15) is 18.4 Å². The Balaban J connectivity index is 1.67. The van der Waals surface area contributed by atoms with Gasteiger partial charge in [-0.15, -0.1) is 0 Å². The van der Waals surface area contributed by atoms with Crippen molar-refractivity contribution in [2.24, 2.45) is 0 Å². The van der Waals surface area contributed by atoms with E-state index in [2.05, 4.69) is 10.6 Å². The van der Waals surface area contributed by atoms with E-state index < -0.39 is 17.5 Å². The van der Waals surface area contributed by atoms with Crippen LogP contribution in [0.3, 0.4) is 0 Å². The largest absolute Gasteiger partial charge is 0.482 e. The van der Waals surface area contributed by atoms with Gasteiger partial charge in [0, 0.05) is 12.1 Å². The quantitative estimate of drug-likeness (QED) is 0.912. The minimum Gasteiger partial charge on any atom is -0.482 e. The van der Waals surface area contributed by atoms with Crippen LogP contribution < -0.4 is 15.4 Å². The molecule has 0 saturated heterocycles. The summed E-state index contributed by atoms with van der Waals surface area (Å²) in [5.41, 5.74) is 1.35. The van der Waals surface area contributed by atoms with Gasteiger partial charge in [-0.25, -0.2) is 8.78 Å². The van der Waals surface area contributed by atoms with Crippen molar-refractivity contribution in [1.29, 1.82) is 0 Å². The Hall–Kier alpha value is -2.96. The predicted octanol–water partition coefficient (Wildman–Crippen LogP) is 2.23. The summed E-state index contributed by atoms with van der Waals surface area (Å²) < 4.78 is 31.2. The number of hydrogen-bond donors (Lipinski definition) is 2. The Morgan fingerprint density at radius 3 is 2.78 bits per heavy atom. The van der Waals surface area contributed by atoms with Gasteiger partial charge in [-0.3, -0.25) is 9.59 Å². The average molecular weight is 318 g/mol. The van der Waals surface area contributed by atoms with Crippen molar-refractivity contribution in [1.82, 2.24) is 5.32 Å². The number of amides is 2. The molecule has 7 heteroatoms. The minimum atomic E-state index is -1.07. The minimum absolute atomic E-state index is 0.0328. The number of benzene rings is 2. The molecule has 0 fully saturated rings. The van der Waals surface area contributed by atoms with Gasteiger partial charge in [0.15, 0.2) is 18.2 Å². The van der Waals surface area contributed by atoms with E-state index in [0.717, 1.165) is 17.7 Å². The highest BCUT2D eigenvalue weighted by Crippen LogP contribution is 2.28. The Labute approximate surface area is 130 Å². The smallest absolute Gasteiger partial charge is 0.262 e. The maximum absolute atomic E-state index is 13.1. The molecule has 118 valence electrons. The Bertz CT molecular complexity index is 793. The molecule has 0 unspecified atom stereocenters. The van der Waals surface area contributed by atoms with E-state index in [4.69, 9.17) is 4.74 Å². The molecule has 0 aliphatic carbocycles. The van der Waals surface area contributed by atoms with E-state index in [0.29, 0.717) is 11.4 Å². The Morgan fingerprint density at radius 1 is 1.17 bits per heavy atom. The molecule has 0 atom stereocenters. The van der Waals surface area contributed by atoms with Crippen LogP contribution in [0.15, 0.2) is 36.4 Å². The summed E-state index contributed by atoms with van der Waals surface area (Å²) in [6.45, 7) is 0.125. The molecule has 2 amide bonds. The maximum atomic E-state index is 13.1. The molecule has 2 aromatic carbocycles. The van der Waals surface area contributed by atoms with Crippen molar-refractivity contribution < 1.29 is 23.1 Å². The molecular formula is C16H12F2N2O3. The van der Waals surface area contributed by atoms with Gasteiger partial charge in [0.2, 0.25) is 0 Å². The maximum Gasteiger partial charge on any atom is 0.262 e. The first-order valence-electron chi connectivity index (χ1n) is 6.82. The van der Waals surface area contributed by atoms with Crippen LogP contribution in [0.5, 0.6) is 5.75 Å². The fraction of sp³-hybridized carbons (Fsp3) is 0.125. The van der Waals surface area contributed by atoms with Crippen LogP contribution in [0.25, 0.3) is 0 Å². The van der Waals surface area contributed by atoms with Crippen molar-refractivity contribution >= 4 is 17.5 Å². The molecule has 1 aliphatic heterocycles. The second kappa shape index (κ2) is 6.04. The van der Waals surface area contributed by atoms with Gasteiger partial charge in [-0.1, -0.05) is 6.07 Å². The zero-order chi connectivity index (χ0) is 16.4. The van der Waals surface area contributed by atoms with Gasteiger partial charge in [-0.05, 0) is 35.9 Å². The fourth-order valence-corrected chi connectivity index (χ4v) is 2.15. The molecular weight excluding hydrogens is 306 g/mol. The van der Waals surface area contributed by atoms with Gasteiger partial charge in [0.1, 0.15) is 5.75 Å². The Kier molecular flexibility index (Phi) is 3.92. The first-order valence-corrected chi connectivity index (χ1v) is 6.82. The number of fused-ring (bicyclic) bond motifs is 1. The summed E-state index contributed by atoms with van der Waals surface area (Å²) in [7, 11) is 0. The highest BCUT2D eigenvalue weighted by Gasteiger charge is 2.16. The lowest BCUT2D eigenvalue weighted by Crippen LogP contribution is -2.26. The molecule has 2 N–H and O–H groups in total. The average Bonchev–Trinajstić information content (AvgIpc) is 2.55. The van der Waals surface area contributed by atoms with Crippen molar-refractivity contribution in [2.75, 3.05) is 11.9 Å². The summed E-state index contributed by atoms with van der Waals surface area (Å²) in [6.07, 6.45) is 0. The van der Waals surface area contributed by atoms with Crippen molar-refractivity contribution in [3.63, 3.8) is 0 Å². The molecule has 0 bridgehead atoms. The van der Waals surface area contributed by atoms with Crippen LogP contribution in [0.1, 0.15) is 15.9 Å². The summed E-state index contributed by atoms with van der Waals surface area (Å²) in [5.74, 6) is -2.30. The van der Waals surface area contributed by atoms with Gasteiger partial charge in [0.25, 0.3) is 11.8 Å². The molecule has 0 radical (unpaired) electrons. The Morgan fingerprint density at radius 2 is 2.00 bits per heavy atom. The third-order valence-electron chi connectivity index (χ3n) is 3.31. The molecule has 0 spiro atoms. The topological polar surface area (TPSA) is 67.4 Å². The van der Waals surface area contributed by atoms with E-state index >= 15 is 0 Å². The summed E-state index contributed by atoms with van der Waals surface area (Å²) in [5, 5.41) is 5.27. The lowest BCUT2D eigenvalue weighted by atomic mass is 10.1. The molecule has 1 heterocycles. The van der Waals surface area contributed by atoms with Crippen LogP contribution >= 0.6 is 0 Å². The summed E-state index contributed by atoms with van der Waals surface area (Å²) >= 11 is 0. The van der Waals surface area contributed by atoms with Crippen LogP contribution in [-0.2, 0) is 11.3 Å². The summed E-state index contributed by atoms with van der Waals surface area (Å²) in [4.78, 5) is 23.1. The van der Waals surface area contributed by atoms with Crippen LogP contribution in [-0.4, -0.2) is 18.4 Å². The number of carbonyl (C=O) groups is 2. The zero-order valence-corrected chi connectivity index (χ0v) is 11.9. The molecule has 23 heavy (non-hydrogen) atoms. The normalized spacial score (nSPS) is 12.9. The fourth-order valence-electron chi connectivity index (χ4n) is 2.15. The van der Waals surface area contributed by atoms with Crippen molar-refractivity contribution in [3.8, 4) is 5.75 Å². The van der Waals surface area contributed by atoms with Crippen molar-refractivity contribution in [2.45, 2.75) is 6.54 Å². The van der Waals surface area contributed by atoms with Crippen LogP contribution in [0.2, 0.25) is 0 Å².